The van der Waals surface area contributed by atoms with Crippen molar-refractivity contribution in [2.24, 2.45) is 0 Å². The zero-order chi connectivity index (χ0) is 43.9. The lowest BCUT2D eigenvalue weighted by Gasteiger charge is -2.33. The van der Waals surface area contributed by atoms with Crippen LogP contribution < -0.4 is 37.1 Å². The molecule has 4 nitrogen and oxygen atoms in total. The summed E-state index contributed by atoms with van der Waals surface area (Å²) < 4.78 is 9.03. The molecule has 0 spiro atoms. The predicted molar refractivity (Wildman–Crippen MR) is 293 cm³/mol. The fraction of sp³-hybridized carbons (Fsp3) is 0. The van der Waals surface area contributed by atoms with Gasteiger partial charge in [0.1, 0.15) is 50.4 Å². The molecule has 0 radical (unpaired) electrons. The Morgan fingerprint density at radius 2 is 0.769 bits per heavy atom. The number of para-hydroxylation sites is 2. The fourth-order valence-corrected chi connectivity index (χ4v) is 10.3. The Hall–Kier alpha value is -7.76. The number of hydrogen-bond donors (Lipinski definition) is 0. The minimum Gasteiger partial charge on any atom is -0.456 e. The van der Waals surface area contributed by atoms with Gasteiger partial charge in [-0.25, -0.2) is 0 Å². The molecule has 0 aliphatic heterocycles. The van der Waals surface area contributed by atoms with Gasteiger partial charge in [0.25, 0.3) is 0 Å². The average Bonchev–Trinajstić information content (AvgIpc) is 3.86. The van der Waals surface area contributed by atoms with Crippen molar-refractivity contribution < 1.29 is 4.42 Å². The molecule has 9 heteroatoms. The Morgan fingerprint density at radius 3 is 1.42 bits per heavy atom. The molecule has 12 rings (SSSR count). The number of furan rings is 1. The van der Waals surface area contributed by atoms with Crippen LogP contribution in [0.2, 0.25) is 0 Å². The second-order valence-electron chi connectivity index (χ2n) is 17.6. The number of aromatic nitrogens is 1. The molecule has 0 aliphatic carbocycles. The Labute approximate surface area is 382 Å². The van der Waals surface area contributed by atoms with Crippen molar-refractivity contribution in [3.63, 3.8) is 0 Å². The van der Waals surface area contributed by atoms with E-state index >= 15 is 0 Å². The van der Waals surface area contributed by atoms with Crippen LogP contribution in [0.15, 0.2) is 199 Å². The first kappa shape index (κ1) is 38.9. The Morgan fingerprint density at radius 1 is 0.323 bits per heavy atom. The van der Waals surface area contributed by atoms with Crippen molar-refractivity contribution in [3.05, 3.63) is 194 Å². The van der Waals surface area contributed by atoms with Gasteiger partial charge in [0, 0.05) is 67.4 Å². The summed E-state index contributed by atoms with van der Waals surface area (Å²) in [6.07, 6.45) is 0. The van der Waals surface area contributed by atoms with Gasteiger partial charge in [-0.1, -0.05) is 113 Å². The normalized spacial score (nSPS) is 11.7. The lowest BCUT2D eigenvalue weighted by atomic mass is 9.61. The molecule has 2 aromatic heterocycles. The van der Waals surface area contributed by atoms with E-state index in [4.69, 9.17) is 4.42 Å². The molecule has 302 valence electrons. The maximum absolute atomic E-state index is 6.59. The number of fused-ring (bicyclic) bond motifs is 8. The molecule has 2 heterocycles. The van der Waals surface area contributed by atoms with E-state index in [0.29, 0.717) is 0 Å². The van der Waals surface area contributed by atoms with Crippen LogP contribution in [-0.4, -0.2) is 43.8 Å². The first-order valence-corrected chi connectivity index (χ1v) is 22.5. The highest BCUT2D eigenvalue weighted by molar-refractivity contribution is 6.69. The standard InChI is InChI=1S/C56H42B5N3O/c57-51-52(58)54(60)56(55(61)53(51)59)63(41-23-25-43-45-27-33-11-7-9-13-35(33)29-47(45)64(48(43)31-41)38-17-5-2-6-18-38)40-21-19-39(20-22-40)62(37-15-3-1-4-16-37)42-24-26-44-46-28-34-12-8-10-14-36(34)30-49(46)65-50(44)32-42/h1-32H,57-61H2. The van der Waals surface area contributed by atoms with Gasteiger partial charge in [-0.15, -0.1) is 5.46 Å². The van der Waals surface area contributed by atoms with Crippen molar-refractivity contribution in [3.8, 4) is 5.69 Å². The maximum Gasteiger partial charge on any atom is 0.141 e. The third kappa shape index (κ3) is 6.29. The van der Waals surface area contributed by atoms with Crippen LogP contribution in [-0.2, 0) is 0 Å². The van der Waals surface area contributed by atoms with Crippen molar-refractivity contribution in [2.45, 2.75) is 0 Å². The molecule has 10 aromatic carbocycles. The Balaban J connectivity index is 1.04. The molecule has 0 amide bonds. The summed E-state index contributed by atoms with van der Waals surface area (Å²) in [6, 6.07) is 70.4. The molecule has 0 fully saturated rings. The molecule has 0 N–H and O–H groups in total. The van der Waals surface area contributed by atoms with Gasteiger partial charge in [0.15, 0.2) is 0 Å². The minimum atomic E-state index is 0.865. The SMILES string of the molecule is Bc1c(B)c(B)c(N(c2ccc(N(c3ccccc3)c3ccc4c(c3)oc3cc5ccccc5cc34)cc2)c2ccc3c4cc5ccccc5cc4n(-c4ccccc4)c3c2)c(B)c1B. The van der Waals surface area contributed by atoms with Gasteiger partial charge >= 0.3 is 0 Å². The molecule has 65 heavy (non-hydrogen) atoms. The van der Waals surface area contributed by atoms with Crippen LogP contribution in [0.25, 0.3) is 71.0 Å². The van der Waals surface area contributed by atoms with Crippen LogP contribution in [0.4, 0.5) is 34.1 Å². The highest BCUT2D eigenvalue weighted by atomic mass is 16.3. The van der Waals surface area contributed by atoms with Gasteiger partial charge in [-0.05, 0) is 119 Å². The van der Waals surface area contributed by atoms with E-state index in [1.54, 1.807) is 0 Å². The van der Waals surface area contributed by atoms with Crippen molar-refractivity contribution >= 4 is 166 Å². The van der Waals surface area contributed by atoms with Crippen molar-refractivity contribution in [2.75, 3.05) is 9.80 Å². The topological polar surface area (TPSA) is 24.6 Å². The summed E-state index contributed by atoms with van der Waals surface area (Å²) >= 11 is 0. The van der Waals surface area contributed by atoms with Crippen LogP contribution in [0.3, 0.4) is 0 Å². The summed E-state index contributed by atoms with van der Waals surface area (Å²) in [6.45, 7) is 0. The minimum absolute atomic E-state index is 0.865. The molecule has 0 aliphatic rings. The highest BCUT2D eigenvalue weighted by Crippen LogP contribution is 2.43. The predicted octanol–water partition coefficient (Wildman–Crippen LogP) is 7.22. The van der Waals surface area contributed by atoms with Gasteiger partial charge < -0.3 is 18.8 Å². The number of rotatable bonds is 7. The molecule has 0 unspecified atom stereocenters. The number of anilines is 6. The summed E-state index contributed by atoms with van der Waals surface area (Å²) in [5, 5.41) is 9.57. The van der Waals surface area contributed by atoms with E-state index in [9.17, 15) is 0 Å². The number of benzene rings is 10. The molecule has 0 bridgehead atoms. The number of hydrogen-bond acceptors (Lipinski definition) is 3. The largest absolute Gasteiger partial charge is 0.456 e. The first-order chi connectivity index (χ1) is 31.8. The molecule has 12 aromatic rings. The van der Waals surface area contributed by atoms with E-state index in [-0.39, 0.29) is 0 Å². The van der Waals surface area contributed by atoms with E-state index in [0.717, 1.165) is 56.1 Å². The van der Waals surface area contributed by atoms with Gasteiger partial charge in [0.05, 0.1) is 11.0 Å². The third-order valence-corrected chi connectivity index (χ3v) is 14.0. The van der Waals surface area contributed by atoms with Gasteiger partial charge in [-0.2, -0.15) is 0 Å². The third-order valence-electron chi connectivity index (χ3n) is 14.0. The second kappa shape index (κ2) is 15.2. The lowest BCUT2D eigenvalue weighted by Crippen LogP contribution is -2.56. The monoisotopic (exact) mass is 827 g/mol. The zero-order valence-electron chi connectivity index (χ0n) is 37.2. The quantitative estimate of drug-likeness (QED) is 0.159. The van der Waals surface area contributed by atoms with Crippen molar-refractivity contribution in [1.82, 2.24) is 4.57 Å². The van der Waals surface area contributed by atoms with E-state index in [1.807, 2.05) is 0 Å². The zero-order valence-corrected chi connectivity index (χ0v) is 37.2. The van der Waals surface area contributed by atoms with Crippen LogP contribution >= 0.6 is 0 Å². The first-order valence-electron chi connectivity index (χ1n) is 22.5. The second-order valence-corrected chi connectivity index (χ2v) is 17.6. The van der Waals surface area contributed by atoms with Crippen LogP contribution in [0.5, 0.6) is 0 Å². The fourth-order valence-electron chi connectivity index (χ4n) is 10.3. The summed E-state index contributed by atoms with van der Waals surface area (Å²) in [5.41, 5.74) is 18.4. The van der Waals surface area contributed by atoms with E-state index < -0.39 is 0 Å². The summed E-state index contributed by atoms with van der Waals surface area (Å²) in [4.78, 5) is 4.80. The number of nitrogens with zero attached hydrogens (tertiary/aromatic N) is 3. The van der Waals surface area contributed by atoms with Gasteiger partial charge in [-0.3, -0.25) is 0 Å². The Kier molecular flexibility index (Phi) is 9.10. The summed E-state index contributed by atoms with van der Waals surface area (Å²) in [7, 11) is 11.4. The maximum atomic E-state index is 6.59. The van der Waals surface area contributed by atoms with Crippen LogP contribution in [0, 0.1) is 0 Å². The molecular formula is C56H42B5N3O. The molecular weight excluding hydrogens is 785 g/mol. The summed E-state index contributed by atoms with van der Waals surface area (Å²) in [5.74, 6) is 0. The van der Waals surface area contributed by atoms with Gasteiger partial charge in [0.2, 0.25) is 0 Å². The molecule has 0 saturated heterocycles. The lowest BCUT2D eigenvalue weighted by molar-refractivity contribution is 0.669. The Bertz CT molecular complexity index is 3820. The molecule has 0 saturated carbocycles. The van der Waals surface area contributed by atoms with Crippen LogP contribution in [0.1, 0.15) is 0 Å². The van der Waals surface area contributed by atoms with E-state index in [2.05, 4.69) is 248 Å². The van der Waals surface area contributed by atoms with E-state index in [1.165, 1.54) is 76.4 Å². The smallest absolute Gasteiger partial charge is 0.141 e. The molecule has 0 atom stereocenters. The highest BCUT2D eigenvalue weighted by Gasteiger charge is 2.24. The van der Waals surface area contributed by atoms with Crippen molar-refractivity contribution in [1.29, 1.82) is 0 Å². The average molecular weight is 827 g/mol.